The van der Waals surface area contributed by atoms with Gasteiger partial charge in [0.15, 0.2) is 0 Å². The van der Waals surface area contributed by atoms with E-state index in [9.17, 15) is 0 Å². The van der Waals surface area contributed by atoms with Crippen molar-refractivity contribution in [2.45, 2.75) is 25.4 Å². The van der Waals surface area contributed by atoms with E-state index in [1.54, 1.807) is 12.1 Å². The van der Waals surface area contributed by atoms with Gasteiger partial charge in [-0.1, -0.05) is 0 Å². The van der Waals surface area contributed by atoms with Gasteiger partial charge in [-0.25, -0.2) is 4.98 Å². The summed E-state index contributed by atoms with van der Waals surface area (Å²) in [7, 11) is 0. The molecule has 1 aliphatic rings. The van der Waals surface area contributed by atoms with Crippen LogP contribution in [0.4, 0.5) is 0 Å². The Morgan fingerprint density at radius 1 is 1.50 bits per heavy atom. The third kappa shape index (κ3) is 2.31. The van der Waals surface area contributed by atoms with Gasteiger partial charge in [-0.2, -0.15) is 5.26 Å². The molecule has 4 nitrogen and oxygen atoms in total. The molecule has 0 aliphatic heterocycles. The number of hydrogen-bond acceptors (Lipinski definition) is 4. The van der Waals surface area contributed by atoms with E-state index in [1.165, 1.54) is 12.6 Å². The van der Waals surface area contributed by atoms with Crippen molar-refractivity contribution in [3.63, 3.8) is 0 Å². The number of ether oxygens (including phenoxy) is 1. The van der Waals surface area contributed by atoms with Crippen molar-refractivity contribution in [1.29, 1.82) is 5.26 Å². The molecule has 1 saturated carbocycles. The highest BCUT2D eigenvalue weighted by atomic mass is 16.5. The molecule has 4 heteroatoms. The van der Waals surface area contributed by atoms with Crippen LogP contribution >= 0.6 is 0 Å². The molecule has 2 rings (SSSR count). The Kier molecular flexibility index (Phi) is 3.37. The summed E-state index contributed by atoms with van der Waals surface area (Å²) >= 11 is 0. The smallest absolute Gasteiger partial charge is 0.213 e. The monoisotopic (exact) mass is 217 g/mol. The molecule has 0 spiro atoms. The van der Waals surface area contributed by atoms with Gasteiger partial charge in [-0.05, 0) is 31.9 Å². The first-order chi connectivity index (χ1) is 7.83. The quantitative estimate of drug-likeness (QED) is 0.832. The number of rotatable bonds is 3. The lowest BCUT2D eigenvalue weighted by Gasteiger charge is -2.18. The number of nitrogens with two attached hydrogens (primary N) is 1. The summed E-state index contributed by atoms with van der Waals surface area (Å²) in [6, 6.07) is 5.49. The predicted octanol–water partition coefficient (Wildman–Crippen LogP) is 1.46. The lowest BCUT2D eigenvalue weighted by atomic mass is 10.1. The lowest BCUT2D eigenvalue weighted by Crippen LogP contribution is -2.27. The van der Waals surface area contributed by atoms with Crippen LogP contribution in [0.3, 0.4) is 0 Å². The molecule has 0 radical (unpaired) electrons. The summed E-state index contributed by atoms with van der Waals surface area (Å²) in [5.41, 5.74) is 6.23. The maximum absolute atomic E-state index is 8.65. The van der Waals surface area contributed by atoms with Crippen LogP contribution < -0.4 is 10.5 Å². The summed E-state index contributed by atoms with van der Waals surface area (Å²) in [6.07, 6.45) is 5.07. The van der Waals surface area contributed by atoms with Crippen LogP contribution in [-0.2, 0) is 0 Å². The second kappa shape index (κ2) is 4.95. The minimum absolute atomic E-state index is 0.186. The van der Waals surface area contributed by atoms with Crippen LogP contribution in [-0.4, -0.2) is 17.6 Å². The van der Waals surface area contributed by atoms with Gasteiger partial charge in [-0.3, -0.25) is 0 Å². The highest BCUT2D eigenvalue weighted by Gasteiger charge is 2.27. The Balaban J connectivity index is 2.00. The Bertz CT molecular complexity index is 382. The van der Waals surface area contributed by atoms with Crippen molar-refractivity contribution in [3.8, 4) is 11.9 Å². The molecule has 1 aliphatic carbocycles. The minimum atomic E-state index is 0.186. The van der Waals surface area contributed by atoms with E-state index in [1.807, 2.05) is 6.07 Å². The molecule has 2 N–H and O–H groups in total. The van der Waals surface area contributed by atoms with Gasteiger partial charge >= 0.3 is 0 Å². The van der Waals surface area contributed by atoms with E-state index in [2.05, 4.69) is 4.98 Å². The summed E-state index contributed by atoms with van der Waals surface area (Å²) in [4.78, 5) is 4.10. The zero-order valence-electron chi connectivity index (χ0n) is 9.10. The maximum atomic E-state index is 8.65. The molecule has 84 valence electrons. The number of aromatic nitrogens is 1. The summed E-state index contributed by atoms with van der Waals surface area (Å²) in [6.45, 7) is 0.668. The molecule has 0 amide bonds. The van der Waals surface area contributed by atoms with Crippen LogP contribution in [0, 0.1) is 17.2 Å². The van der Waals surface area contributed by atoms with Crippen LogP contribution in [0.15, 0.2) is 18.3 Å². The van der Waals surface area contributed by atoms with Crippen molar-refractivity contribution >= 4 is 0 Å². The van der Waals surface area contributed by atoms with Gasteiger partial charge in [0.1, 0.15) is 12.2 Å². The second-order valence-electron chi connectivity index (χ2n) is 4.08. The SMILES string of the molecule is N#Cc1ccc(OC2CCCC2CN)nc1. The molecule has 1 fully saturated rings. The normalized spacial score (nSPS) is 24.0. The van der Waals surface area contributed by atoms with Crippen molar-refractivity contribution in [1.82, 2.24) is 4.98 Å². The molecular weight excluding hydrogens is 202 g/mol. The molecular formula is C12H15N3O. The van der Waals surface area contributed by atoms with Gasteiger partial charge in [-0.15, -0.1) is 0 Å². The standard InChI is InChI=1S/C12H15N3O/c13-6-9-4-5-12(15-8-9)16-11-3-1-2-10(11)7-14/h4-5,8,10-11H,1-3,7,14H2. The largest absolute Gasteiger partial charge is 0.474 e. The second-order valence-corrected chi connectivity index (χ2v) is 4.08. The molecule has 0 bridgehead atoms. The van der Waals surface area contributed by atoms with E-state index >= 15 is 0 Å². The van der Waals surface area contributed by atoms with E-state index in [0.29, 0.717) is 23.9 Å². The lowest BCUT2D eigenvalue weighted by molar-refractivity contribution is 0.155. The Hall–Kier alpha value is -1.60. The van der Waals surface area contributed by atoms with E-state index in [0.717, 1.165) is 12.8 Å². The highest BCUT2D eigenvalue weighted by Crippen LogP contribution is 2.28. The molecule has 0 aromatic carbocycles. The summed E-state index contributed by atoms with van der Waals surface area (Å²) in [5.74, 6) is 1.03. The van der Waals surface area contributed by atoms with Gasteiger partial charge in [0.05, 0.1) is 5.56 Å². The van der Waals surface area contributed by atoms with Gasteiger partial charge in [0.25, 0.3) is 0 Å². The number of hydrogen-bond donors (Lipinski definition) is 1. The molecule has 0 saturated heterocycles. The van der Waals surface area contributed by atoms with Crippen molar-refractivity contribution < 1.29 is 4.74 Å². The van der Waals surface area contributed by atoms with Crippen LogP contribution in [0.2, 0.25) is 0 Å². The molecule has 2 atom stereocenters. The fourth-order valence-corrected chi connectivity index (χ4v) is 2.10. The first kappa shape index (κ1) is 10.9. The molecule has 1 aromatic heterocycles. The fourth-order valence-electron chi connectivity index (χ4n) is 2.10. The first-order valence-corrected chi connectivity index (χ1v) is 5.56. The maximum Gasteiger partial charge on any atom is 0.213 e. The first-order valence-electron chi connectivity index (χ1n) is 5.56. The van der Waals surface area contributed by atoms with Gasteiger partial charge in [0, 0.05) is 18.2 Å². The Morgan fingerprint density at radius 3 is 3.00 bits per heavy atom. The molecule has 1 aromatic rings. The van der Waals surface area contributed by atoms with Crippen molar-refractivity contribution in [2.75, 3.05) is 6.54 Å². The summed E-state index contributed by atoms with van der Waals surface area (Å²) < 4.78 is 5.78. The van der Waals surface area contributed by atoms with E-state index < -0.39 is 0 Å². The highest BCUT2D eigenvalue weighted by molar-refractivity contribution is 5.28. The van der Waals surface area contributed by atoms with E-state index in [4.69, 9.17) is 15.7 Å². The van der Waals surface area contributed by atoms with Gasteiger partial charge < -0.3 is 10.5 Å². The topological polar surface area (TPSA) is 71.9 Å². The Labute approximate surface area is 95.0 Å². The van der Waals surface area contributed by atoms with Crippen LogP contribution in [0.1, 0.15) is 24.8 Å². The summed E-state index contributed by atoms with van der Waals surface area (Å²) in [5, 5.41) is 8.65. The molecule has 16 heavy (non-hydrogen) atoms. The number of nitriles is 1. The van der Waals surface area contributed by atoms with Crippen LogP contribution in [0.25, 0.3) is 0 Å². The fraction of sp³-hybridized carbons (Fsp3) is 0.500. The molecule has 2 unspecified atom stereocenters. The van der Waals surface area contributed by atoms with Crippen molar-refractivity contribution in [2.24, 2.45) is 11.7 Å². The van der Waals surface area contributed by atoms with Crippen LogP contribution in [0.5, 0.6) is 5.88 Å². The number of nitrogens with zero attached hydrogens (tertiary/aromatic N) is 2. The zero-order valence-corrected chi connectivity index (χ0v) is 9.10. The van der Waals surface area contributed by atoms with Crippen molar-refractivity contribution in [3.05, 3.63) is 23.9 Å². The third-order valence-electron chi connectivity index (χ3n) is 3.03. The predicted molar refractivity (Wildman–Crippen MR) is 59.8 cm³/mol. The third-order valence-corrected chi connectivity index (χ3v) is 3.03. The zero-order chi connectivity index (χ0) is 11.4. The van der Waals surface area contributed by atoms with Gasteiger partial charge in [0.2, 0.25) is 5.88 Å². The average Bonchev–Trinajstić information content (AvgIpc) is 2.77. The molecule has 1 heterocycles. The number of pyridine rings is 1. The average molecular weight is 217 g/mol. The minimum Gasteiger partial charge on any atom is -0.474 e. The van der Waals surface area contributed by atoms with E-state index in [-0.39, 0.29) is 6.10 Å². The Morgan fingerprint density at radius 2 is 2.38 bits per heavy atom.